The molecule has 2 aromatic rings. The van der Waals surface area contributed by atoms with Crippen LogP contribution in [0.2, 0.25) is 5.02 Å². The second kappa shape index (κ2) is 7.38. The number of hydrogen-bond acceptors (Lipinski definition) is 5. The van der Waals surface area contributed by atoms with Gasteiger partial charge < -0.3 is 15.3 Å². The van der Waals surface area contributed by atoms with Gasteiger partial charge in [-0.2, -0.15) is 4.98 Å². The zero-order valence-electron chi connectivity index (χ0n) is 12.4. The normalized spacial score (nSPS) is 12.0. The van der Waals surface area contributed by atoms with Crippen LogP contribution in [-0.4, -0.2) is 41.8 Å². The molecule has 7 heteroatoms. The fraction of sp³-hybridized carbons (Fsp3) is 0.333. The van der Waals surface area contributed by atoms with Crippen molar-refractivity contribution >= 4 is 23.4 Å². The largest absolute Gasteiger partial charge is 0.394 e. The molecule has 0 saturated heterocycles. The molecule has 0 bridgehead atoms. The number of aliphatic hydroxyl groups is 1. The third kappa shape index (κ3) is 4.29. The minimum Gasteiger partial charge on any atom is -0.394 e. The zero-order chi connectivity index (χ0) is 16.1. The van der Waals surface area contributed by atoms with Crippen molar-refractivity contribution in [3.05, 3.63) is 46.9 Å². The summed E-state index contributed by atoms with van der Waals surface area (Å²) in [5.41, 5.74) is 1.02. The van der Waals surface area contributed by atoms with Crippen LogP contribution in [0.5, 0.6) is 0 Å². The molecule has 0 aliphatic rings. The number of hydrogen-bond donors (Lipinski definition) is 2. The highest BCUT2D eigenvalue weighted by Gasteiger charge is 2.13. The lowest BCUT2D eigenvalue weighted by Crippen LogP contribution is -2.28. The van der Waals surface area contributed by atoms with Crippen LogP contribution >= 0.6 is 11.6 Å². The van der Waals surface area contributed by atoms with Gasteiger partial charge in [-0.05, 0) is 24.1 Å². The molecule has 1 aromatic carbocycles. The molecule has 2 rings (SSSR count). The van der Waals surface area contributed by atoms with Gasteiger partial charge in [-0.25, -0.2) is 9.37 Å². The molecule has 0 aliphatic carbocycles. The molecule has 1 aromatic heterocycles. The van der Waals surface area contributed by atoms with Crippen molar-refractivity contribution in [2.75, 3.05) is 30.9 Å². The molecule has 2 N–H and O–H groups in total. The highest BCUT2D eigenvalue weighted by atomic mass is 35.5. The van der Waals surface area contributed by atoms with E-state index in [2.05, 4.69) is 15.3 Å². The van der Waals surface area contributed by atoms with Crippen molar-refractivity contribution in [2.45, 2.75) is 12.5 Å². The standard InChI is InChI=1S/C15H18ClFN4O/c1-21(2)14-13(17)8-18-15(20-14)19-12(9-22)7-10-3-5-11(16)6-4-10/h3-6,8,12,22H,7,9H2,1-2H3,(H,18,19,20)/t12-/m1/s1. The molecule has 5 nitrogen and oxygen atoms in total. The summed E-state index contributed by atoms with van der Waals surface area (Å²) < 4.78 is 13.6. The van der Waals surface area contributed by atoms with Crippen LogP contribution in [0.4, 0.5) is 16.2 Å². The number of halogens is 2. The molecular weight excluding hydrogens is 307 g/mol. The van der Waals surface area contributed by atoms with E-state index in [-0.39, 0.29) is 24.4 Å². The number of nitrogens with one attached hydrogen (secondary N) is 1. The van der Waals surface area contributed by atoms with Gasteiger partial charge in [0, 0.05) is 19.1 Å². The topological polar surface area (TPSA) is 61.3 Å². The summed E-state index contributed by atoms with van der Waals surface area (Å²) in [6, 6.07) is 7.10. The SMILES string of the molecule is CN(C)c1nc(N[C@@H](CO)Cc2ccc(Cl)cc2)ncc1F. The Balaban J connectivity index is 2.09. The lowest BCUT2D eigenvalue weighted by atomic mass is 10.1. The van der Waals surface area contributed by atoms with Crippen molar-refractivity contribution < 1.29 is 9.50 Å². The first kappa shape index (κ1) is 16.5. The van der Waals surface area contributed by atoms with Gasteiger partial charge in [-0.1, -0.05) is 23.7 Å². The van der Waals surface area contributed by atoms with Gasteiger partial charge in [0.15, 0.2) is 11.6 Å². The van der Waals surface area contributed by atoms with Crippen LogP contribution in [0.25, 0.3) is 0 Å². The fourth-order valence-electron chi connectivity index (χ4n) is 1.99. The van der Waals surface area contributed by atoms with Crippen LogP contribution in [0.15, 0.2) is 30.5 Å². The van der Waals surface area contributed by atoms with E-state index in [9.17, 15) is 9.50 Å². The molecule has 0 saturated carbocycles. The van der Waals surface area contributed by atoms with Gasteiger partial charge in [-0.15, -0.1) is 0 Å². The van der Waals surface area contributed by atoms with E-state index < -0.39 is 5.82 Å². The van der Waals surface area contributed by atoms with Gasteiger partial charge in [-0.3, -0.25) is 0 Å². The van der Waals surface area contributed by atoms with Crippen LogP contribution in [0.1, 0.15) is 5.56 Å². The van der Waals surface area contributed by atoms with Gasteiger partial charge >= 0.3 is 0 Å². The maximum atomic E-state index is 13.6. The summed E-state index contributed by atoms with van der Waals surface area (Å²) in [6.45, 7) is -0.0966. The number of aliphatic hydroxyl groups excluding tert-OH is 1. The molecule has 0 amide bonds. The fourth-order valence-corrected chi connectivity index (χ4v) is 2.12. The van der Waals surface area contributed by atoms with Crippen LogP contribution < -0.4 is 10.2 Å². The predicted octanol–water partition coefficient (Wildman–Crippen LogP) is 2.35. The summed E-state index contributed by atoms with van der Waals surface area (Å²) in [4.78, 5) is 9.59. The Labute approximate surface area is 133 Å². The smallest absolute Gasteiger partial charge is 0.225 e. The molecule has 1 atom stereocenters. The van der Waals surface area contributed by atoms with Crippen molar-refractivity contribution in [2.24, 2.45) is 0 Å². The Hall–Kier alpha value is -1.92. The molecule has 0 spiro atoms. The maximum Gasteiger partial charge on any atom is 0.225 e. The molecule has 0 radical (unpaired) electrons. The highest BCUT2D eigenvalue weighted by Crippen LogP contribution is 2.16. The molecule has 0 aliphatic heterocycles. The Bertz CT molecular complexity index is 621. The van der Waals surface area contributed by atoms with Crippen molar-refractivity contribution in [1.29, 1.82) is 0 Å². The van der Waals surface area contributed by atoms with Gasteiger partial charge in [0.25, 0.3) is 0 Å². The third-order valence-corrected chi connectivity index (χ3v) is 3.35. The molecule has 118 valence electrons. The van der Waals surface area contributed by atoms with Crippen molar-refractivity contribution in [3.8, 4) is 0 Å². The molecule has 0 unspecified atom stereocenters. The Morgan fingerprint density at radius 2 is 2.00 bits per heavy atom. The average molecular weight is 325 g/mol. The summed E-state index contributed by atoms with van der Waals surface area (Å²) in [5.74, 6) is -0.0207. The highest BCUT2D eigenvalue weighted by molar-refractivity contribution is 6.30. The molecule has 22 heavy (non-hydrogen) atoms. The van der Waals surface area contributed by atoms with Crippen molar-refractivity contribution in [3.63, 3.8) is 0 Å². The van der Waals surface area contributed by atoms with Crippen LogP contribution in [0, 0.1) is 5.82 Å². The van der Waals surface area contributed by atoms with E-state index in [1.807, 2.05) is 12.1 Å². The van der Waals surface area contributed by atoms with Gasteiger partial charge in [0.1, 0.15) is 0 Å². The van der Waals surface area contributed by atoms with Crippen LogP contribution in [0.3, 0.4) is 0 Å². The Morgan fingerprint density at radius 1 is 1.32 bits per heavy atom. The Kier molecular flexibility index (Phi) is 5.51. The first-order chi connectivity index (χ1) is 10.5. The van der Waals surface area contributed by atoms with Crippen LogP contribution in [-0.2, 0) is 6.42 Å². The first-order valence-electron chi connectivity index (χ1n) is 6.81. The summed E-state index contributed by atoms with van der Waals surface area (Å²) in [6.07, 6.45) is 1.69. The molecular formula is C15H18ClFN4O. The monoisotopic (exact) mass is 324 g/mol. The summed E-state index contributed by atoms with van der Waals surface area (Å²) in [5, 5.41) is 13.2. The minimum atomic E-state index is -0.492. The zero-order valence-corrected chi connectivity index (χ0v) is 13.2. The van der Waals surface area contributed by atoms with E-state index >= 15 is 0 Å². The predicted molar refractivity (Wildman–Crippen MR) is 86.0 cm³/mol. The molecule has 0 fully saturated rings. The molecule has 1 heterocycles. The maximum absolute atomic E-state index is 13.6. The number of benzene rings is 1. The van der Waals surface area contributed by atoms with E-state index in [0.29, 0.717) is 11.4 Å². The lowest BCUT2D eigenvalue weighted by molar-refractivity contribution is 0.273. The third-order valence-electron chi connectivity index (χ3n) is 3.10. The first-order valence-corrected chi connectivity index (χ1v) is 7.19. The average Bonchev–Trinajstić information content (AvgIpc) is 2.50. The number of aromatic nitrogens is 2. The lowest BCUT2D eigenvalue weighted by Gasteiger charge is -2.18. The number of anilines is 2. The number of nitrogens with zero attached hydrogens (tertiary/aromatic N) is 3. The Morgan fingerprint density at radius 3 is 2.59 bits per heavy atom. The summed E-state index contributed by atoms with van der Waals surface area (Å²) >= 11 is 5.85. The van der Waals surface area contributed by atoms with Gasteiger partial charge in [0.2, 0.25) is 5.95 Å². The van der Waals surface area contributed by atoms with Gasteiger partial charge in [0.05, 0.1) is 18.8 Å². The van der Waals surface area contributed by atoms with E-state index in [4.69, 9.17) is 11.6 Å². The summed E-state index contributed by atoms with van der Waals surface area (Å²) in [7, 11) is 3.40. The second-order valence-corrected chi connectivity index (χ2v) is 5.55. The second-order valence-electron chi connectivity index (χ2n) is 5.11. The van der Waals surface area contributed by atoms with Crippen molar-refractivity contribution in [1.82, 2.24) is 9.97 Å². The van der Waals surface area contributed by atoms with E-state index in [0.717, 1.165) is 11.8 Å². The van der Waals surface area contributed by atoms with E-state index in [1.165, 1.54) is 0 Å². The van der Waals surface area contributed by atoms with E-state index in [1.54, 1.807) is 31.1 Å². The number of rotatable bonds is 6. The minimum absolute atomic E-state index is 0.0966. The quantitative estimate of drug-likeness (QED) is 0.854.